The van der Waals surface area contributed by atoms with E-state index in [-0.39, 0.29) is 12.5 Å². The summed E-state index contributed by atoms with van der Waals surface area (Å²) in [6.45, 7) is 0.156. The zero-order valence-electron chi connectivity index (χ0n) is 14.7. The van der Waals surface area contributed by atoms with Crippen LogP contribution in [-0.2, 0) is 4.79 Å². The van der Waals surface area contributed by atoms with Gasteiger partial charge < -0.3 is 5.32 Å². The maximum atomic E-state index is 12.1. The highest BCUT2D eigenvalue weighted by Crippen LogP contribution is 2.22. The van der Waals surface area contributed by atoms with E-state index in [1.807, 2.05) is 60.7 Å². The molecule has 0 saturated carbocycles. The summed E-state index contributed by atoms with van der Waals surface area (Å²) in [5.74, 6) is -0.194. The Bertz CT molecular complexity index is 1130. The molecule has 0 saturated heterocycles. The van der Waals surface area contributed by atoms with Crippen molar-refractivity contribution in [2.75, 3.05) is 11.9 Å². The Morgan fingerprint density at radius 3 is 2.44 bits per heavy atom. The molecule has 4 heteroatoms. The van der Waals surface area contributed by atoms with Gasteiger partial charge in [-0.05, 0) is 33.9 Å². The molecule has 0 radical (unpaired) electrons. The van der Waals surface area contributed by atoms with Crippen LogP contribution in [0.15, 0.2) is 90.0 Å². The van der Waals surface area contributed by atoms with Gasteiger partial charge in [-0.2, -0.15) is 5.10 Å². The Morgan fingerprint density at radius 2 is 1.56 bits per heavy atom. The largest absolute Gasteiger partial charge is 0.376 e. The van der Waals surface area contributed by atoms with Crippen LogP contribution in [0, 0.1) is 0 Å². The average Bonchev–Trinajstić information content (AvgIpc) is 2.72. The quantitative estimate of drug-likeness (QED) is 0.408. The molecule has 27 heavy (non-hydrogen) atoms. The van der Waals surface area contributed by atoms with Gasteiger partial charge in [0.1, 0.15) is 0 Å². The van der Waals surface area contributed by atoms with Gasteiger partial charge in [0.05, 0.1) is 12.8 Å². The molecule has 0 unspecified atom stereocenters. The van der Waals surface area contributed by atoms with E-state index in [9.17, 15) is 4.79 Å². The predicted molar refractivity (Wildman–Crippen MR) is 112 cm³/mol. The first-order valence-electron chi connectivity index (χ1n) is 8.82. The first kappa shape index (κ1) is 16.8. The molecule has 0 aliphatic heterocycles. The lowest BCUT2D eigenvalue weighted by Crippen LogP contribution is -2.25. The van der Waals surface area contributed by atoms with Crippen LogP contribution in [0.25, 0.3) is 21.5 Å². The fraction of sp³-hybridized carbons (Fsp3) is 0.0435. The molecular formula is C23H19N3O. The maximum Gasteiger partial charge on any atom is 0.259 e. The van der Waals surface area contributed by atoms with Crippen LogP contribution >= 0.6 is 0 Å². The number of nitrogens with zero attached hydrogens (tertiary/aromatic N) is 1. The number of rotatable bonds is 5. The predicted octanol–water partition coefficient (Wildman–Crippen LogP) is 4.56. The molecule has 1 amide bonds. The van der Waals surface area contributed by atoms with Gasteiger partial charge in [-0.25, -0.2) is 5.43 Å². The molecule has 2 N–H and O–H groups in total. The lowest BCUT2D eigenvalue weighted by Gasteiger charge is -2.08. The van der Waals surface area contributed by atoms with Crippen molar-refractivity contribution in [3.05, 3.63) is 90.5 Å². The number of hydrogen-bond acceptors (Lipinski definition) is 3. The van der Waals surface area contributed by atoms with Crippen LogP contribution in [0.3, 0.4) is 0 Å². The van der Waals surface area contributed by atoms with Gasteiger partial charge >= 0.3 is 0 Å². The Kier molecular flexibility index (Phi) is 4.79. The summed E-state index contributed by atoms with van der Waals surface area (Å²) < 4.78 is 0. The topological polar surface area (TPSA) is 53.5 Å². The molecule has 4 rings (SSSR count). The monoisotopic (exact) mass is 353 g/mol. The third-order valence-electron chi connectivity index (χ3n) is 4.41. The van der Waals surface area contributed by atoms with Crippen molar-refractivity contribution in [3.8, 4) is 0 Å². The average molecular weight is 353 g/mol. The van der Waals surface area contributed by atoms with Gasteiger partial charge in [-0.15, -0.1) is 0 Å². The minimum Gasteiger partial charge on any atom is -0.376 e. The van der Waals surface area contributed by atoms with Gasteiger partial charge in [0.2, 0.25) is 0 Å². The molecule has 132 valence electrons. The van der Waals surface area contributed by atoms with Crippen LogP contribution in [-0.4, -0.2) is 18.7 Å². The molecule has 0 atom stereocenters. The van der Waals surface area contributed by atoms with E-state index in [0.717, 1.165) is 27.4 Å². The molecule has 4 aromatic carbocycles. The summed E-state index contributed by atoms with van der Waals surface area (Å²) in [7, 11) is 0. The Balaban J connectivity index is 1.37. The molecule has 4 aromatic rings. The number of fused-ring (bicyclic) bond motifs is 2. The van der Waals surface area contributed by atoms with Gasteiger partial charge in [0.15, 0.2) is 0 Å². The standard InChI is InChI=1S/C23H19N3O/c27-23(16-24-22-11-5-9-19-7-3-4-10-21(19)22)26-25-15-17-12-13-18-6-1-2-8-20(18)14-17/h1-15,24H,16H2,(H,26,27). The van der Waals surface area contributed by atoms with E-state index in [0.29, 0.717) is 0 Å². The summed E-state index contributed by atoms with van der Waals surface area (Å²) in [4.78, 5) is 12.1. The van der Waals surface area contributed by atoms with Crippen molar-refractivity contribution >= 4 is 39.4 Å². The summed E-state index contributed by atoms with van der Waals surface area (Å²) >= 11 is 0. The highest BCUT2D eigenvalue weighted by atomic mass is 16.2. The minimum absolute atomic E-state index is 0.156. The van der Waals surface area contributed by atoms with Crippen LogP contribution in [0.5, 0.6) is 0 Å². The lowest BCUT2D eigenvalue weighted by molar-refractivity contribution is -0.119. The van der Waals surface area contributed by atoms with Crippen molar-refractivity contribution in [1.82, 2.24) is 5.43 Å². The van der Waals surface area contributed by atoms with E-state index in [4.69, 9.17) is 0 Å². The lowest BCUT2D eigenvalue weighted by atomic mass is 10.1. The van der Waals surface area contributed by atoms with E-state index >= 15 is 0 Å². The first-order chi connectivity index (χ1) is 13.3. The molecule has 4 nitrogen and oxygen atoms in total. The van der Waals surface area contributed by atoms with Crippen LogP contribution < -0.4 is 10.7 Å². The van der Waals surface area contributed by atoms with Crippen LogP contribution in [0.2, 0.25) is 0 Å². The second-order valence-electron chi connectivity index (χ2n) is 6.28. The SMILES string of the molecule is O=C(CNc1cccc2ccccc12)NN=Cc1ccc2ccccc2c1. The number of hydrogen-bond donors (Lipinski definition) is 2. The maximum absolute atomic E-state index is 12.1. The molecule has 0 bridgehead atoms. The van der Waals surface area contributed by atoms with Crippen LogP contribution in [0.4, 0.5) is 5.69 Å². The van der Waals surface area contributed by atoms with Crippen molar-refractivity contribution in [3.63, 3.8) is 0 Å². The van der Waals surface area contributed by atoms with Crippen LogP contribution in [0.1, 0.15) is 5.56 Å². The van der Waals surface area contributed by atoms with Crippen molar-refractivity contribution < 1.29 is 4.79 Å². The fourth-order valence-electron chi connectivity index (χ4n) is 3.06. The zero-order chi connectivity index (χ0) is 18.5. The Morgan fingerprint density at radius 1 is 0.815 bits per heavy atom. The summed E-state index contributed by atoms with van der Waals surface area (Å²) in [5, 5.41) is 11.8. The van der Waals surface area contributed by atoms with Gasteiger partial charge in [-0.1, -0.05) is 72.8 Å². The number of benzene rings is 4. The van der Waals surface area contributed by atoms with Crippen molar-refractivity contribution in [2.24, 2.45) is 5.10 Å². The zero-order valence-corrected chi connectivity index (χ0v) is 14.7. The van der Waals surface area contributed by atoms with E-state index in [2.05, 4.69) is 40.1 Å². The van der Waals surface area contributed by atoms with Crippen molar-refractivity contribution in [1.29, 1.82) is 0 Å². The fourth-order valence-corrected chi connectivity index (χ4v) is 3.06. The molecule has 0 aliphatic carbocycles. The number of hydrazone groups is 1. The Hall–Kier alpha value is -3.66. The molecule has 0 aromatic heterocycles. The number of amides is 1. The molecule has 0 heterocycles. The van der Waals surface area contributed by atoms with E-state index in [1.54, 1.807) is 6.21 Å². The van der Waals surface area contributed by atoms with Gasteiger partial charge in [0, 0.05) is 11.1 Å². The van der Waals surface area contributed by atoms with Gasteiger partial charge in [0.25, 0.3) is 5.91 Å². The minimum atomic E-state index is -0.194. The molecule has 0 aliphatic rings. The number of anilines is 1. The summed E-state index contributed by atoms with van der Waals surface area (Å²) in [6, 6.07) is 28.3. The third-order valence-corrected chi connectivity index (χ3v) is 4.41. The van der Waals surface area contributed by atoms with E-state index in [1.165, 1.54) is 5.39 Å². The highest BCUT2D eigenvalue weighted by molar-refractivity contribution is 5.95. The summed E-state index contributed by atoms with van der Waals surface area (Å²) in [5.41, 5.74) is 4.44. The molecule has 0 fully saturated rings. The molecular weight excluding hydrogens is 334 g/mol. The number of nitrogens with one attached hydrogen (secondary N) is 2. The van der Waals surface area contributed by atoms with Gasteiger partial charge in [-0.3, -0.25) is 4.79 Å². The normalized spacial score (nSPS) is 11.1. The summed E-state index contributed by atoms with van der Waals surface area (Å²) in [6.07, 6.45) is 1.66. The molecule has 0 spiro atoms. The van der Waals surface area contributed by atoms with E-state index < -0.39 is 0 Å². The second-order valence-corrected chi connectivity index (χ2v) is 6.28. The second kappa shape index (κ2) is 7.70. The first-order valence-corrected chi connectivity index (χ1v) is 8.82. The Labute approximate surface area is 157 Å². The van der Waals surface area contributed by atoms with Crippen molar-refractivity contribution in [2.45, 2.75) is 0 Å². The number of carbonyl (C=O) groups is 1. The smallest absolute Gasteiger partial charge is 0.259 e. The number of carbonyl (C=O) groups excluding carboxylic acids is 1. The third kappa shape index (κ3) is 3.96. The highest BCUT2D eigenvalue weighted by Gasteiger charge is 2.03.